The molecule has 0 amide bonds. The van der Waals surface area contributed by atoms with Gasteiger partial charge in [0, 0.05) is 18.3 Å². The van der Waals surface area contributed by atoms with Crippen molar-refractivity contribution in [2.45, 2.75) is 84.0 Å². The summed E-state index contributed by atoms with van der Waals surface area (Å²) in [5.41, 5.74) is 1.18. The zero-order valence-electron chi connectivity index (χ0n) is 32.5. The number of unbranched alkanes of at least 4 members (excludes halogenated alkanes) is 1. The third kappa shape index (κ3) is 19.2. The van der Waals surface area contributed by atoms with Crippen LogP contribution in [0.3, 0.4) is 0 Å². The number of Topliss-reactive ketones (excluding diaryl/α,β-unsaturated/α-hetero) is 1. The Bertz CT molecular complexity index is 1880. The fourth-order valence-corrected chi connectivity index (χ4v) is 5.26. The molecule has 0 saturated carbocycles. The number of halogens is 2. The van der Waals surface area contributed by atoms with Gasteiger partial charge in [0.25, 0.3) is 0 Å². The molecule has 2 aromatic carbocycles. The molecule has 0 unspecified atom stereocenters. The monoisotopic (exact) mass is 842 g/mol. The predicted molar refractivity (Wildman–Crippen MR) is 213 cm³/mol. The van der Waals surface area contributed by atoms with Crippen molar-refractivity contribution in [3.05, 3.63) is 118 Å². The number of ketones is 1. The van der Waals surface area contributed by atoms with Gasteiger partial charge in [-0.2, -0.15) is 0 Å². The Kier molecular flexibility index (Phi) is 21.1. The summed E-state index contributed by atoms with van der Waals surface area (Å²) in [7, 11) is 0. The number of aliphatic hydroxyl groups excluding tert-OH is 2. The lowest BCUT2D eigenvalue weighted by molar-refractivity contribution is -0.159. The second kappa shape index (κ2) is 25.1. The van der Waals surface area contributed by atoms with E-state index >= 15 is 0 Å². The molecule has 0 bridgehead atoms. The SMILES string of the molecule is CC(C)(C)OC(=O)C[C@H](Cc1ccccc1)[C@@H](O)C(=O)O.CCCCOC(=O)[C@H](O)[C@H](CC(=O)c1ccc(Cl)nn1)Cc1ccccc1.O=C(O)c1ccc(Cl)nn1. The van der Waals surface area contributed by atoms with Crippen molar-refractivity contribution in [2.24, 2.45) is 11.8 Å². The highest BCUT2D eigenvalue weighted by atomic mass is 35.5. The Labute approximate surface area is 346 Å². The van der Waals surface area contributed by atoms with Gasteiger partial charge in [-0.3, -0.25) is 9.59 Å². The van der Waals surface area contributed by atoms with Gasteiger partial charge in [0.1, 0.15) is 11.3 Å². The molecule has 0 spiro atoms. The van der Waals surface area contributed by atoms with Crippen molar-refractivity contribution in [3.63, 3.8) is 0 Å². The Hall–Kier alpha value is -5.35. The molecule has 0 aliphatic heterocycles. The van der Waals surface area contributed by atoms with Gasteiger partial charge < -0.3 is 29.9 Å². The van der Waals surface area contributed by atoms with E-state index in [4.69, 9.17) is 42.9 Å². The molecule has 0 aliphatic carbocycles. The fourth-order valence-electron chi connectivity index (χ4n) is 5.06. The number of aliphatic carboxylic acids is 1. The lowest BCUT2D eigenvalue weighted by Gasteiger charge is -2.23. The minimum atomic E-state index is -1.60. The van der Waals surface area contributed by atoms with Gasteiger partial charge in [-0.25, -0.2) is 14.4 Å². The molecule has 0 saturated heterocycles. The van der Waals surface area contributed by atoms with Crippen LogP contribution in [0, 0.1) is 11.8 Å². The number of aromatic carboxylic acids is 1. The summed E-state index contributed by atoms with van der Waals surface area (Å²) >= 11 is 11.0. The van der Waals surface area contributed by atoms with Crippen molar-refractivity contribution >= 4 is 52.9 Å². The number of hydrogen-bond acceptors (Lipinski definition) is 13. The van der Waals surface area contributed by atoms with Crippen molar-refractivity contribution in [1.29, 1.82) is 0 Å². The molecule has 58 heavy (non-hydrogen) atoms. The van der Waals surface area contributed by atoms with Crippen LogP contribution in [-0.2, 0) is 36.7 Å². The number of benzene rings is 2. The number of carbonyl (C=O) groups is 5. The quantitative estimate of drug-likeness (QED) is 0.0533. The Morgan fingerprint density at radius 1 is 0.672 bits per heavy atom. The summed E-state index contributed by atoms with van der Waals surface area (Å²) in [6.07, 6.45) is -0.935. The number of carbonyl (C=O) groups excluding carboxylic acids is 3. The summed E-state index contributed by atoms with van der Waals surface area (Å²) in [6.45, 7) is 7.45. The molecule has 17 heteroatoms. The Morgan fingerprint density at radius 2 is 1.16 bits per heavy atom. The first kappa shape index (κ1) is 48.8. The zero-order valence-corrected chi connectivity index (χ0v) is 34.0. The highest BCUT2D eigenvalue weighted by molar-refractivity contribution is 6.29. The number of ether oxygens (including phenoxy) is 2. The van der Waals surface area contributed by atoms with Gasteiger partial charge in [-0.1, -0.05) is 97.2 Å². The number of hydrogen-bond donors (Lipinski definition) is 4. The van der Waals surface area contributed by atoms with Crippen molar-refractivity contribution in [3.8, 4) is 0 Å². The Balaban J connectivity index is 0.000000330. The zero-order chi connectivity index (χ0) is 43.3. The summed E-state index contributed by atoms with van der Waals surface area (Å²) in [4.78, 5) is 57.7. The highest BCUT2D eigenvalue weighted by Gasteiger charge is 2.31. The van der Waals surface area contributed by atoms with E-state index in [1.54, 1.807) is 20.8 Å². The van der Waals surface area contributed by atoms with E-state index in [1.165, 1.54) is 24.3 Å². The van der Waals surface area contributed by atoms with Gasteiger partial charge >= 0.3 is 23.9 Å². The lowest BCUT2D eigenvalue weighted by atomic mass is 9.88. The van der Waals surface area contributed by atoms with Crippen LogP contribution in [0.5, 0.6) is 0 Å². The standard InChI is InChI=1S/C20H23ClN2O4.C16H22O5.C5H3ClN2O2/c1-2-3-11-27-20(26)19(25)15(12-14-7-5-4-6-8-14)13-17(24)16-9-10-18(21)23-22-16;1-16(2,3)21-13(17)10-12(14(18)15(19)20)9-11-7-5-4-6-8-11;6-4-2-1-3(5(9)10)7-8-4/h4-10,15,19,25H,2-3,11-13H2,1H3;4-8,12,14,18H,9-10H2,1-3H3,(H,19,20);1-2H,(H,9,10)/t15-,19+;12-,14+;/m00./s1. The number of esters is 2. The van der Waals surface area contributed by atoms with Crippen LogP contribution in [0.15, 0.2) is 84.9 Å². The van der Waals surface area contributed by atoms with Crippen LogP contribution in [0.4, 0.5) is 0 Å². The number of carboxylic acids is 2. The Morgan fingerprint density at radius 3 is 1.57 bits per heavy atom. The lowest BCUT2D eigenvalue weighted by Crippen LogP contribution is -2.34. The maximum atomic E-state index is 12.5. The van der Waals surface area contributed by atoms with E-state index in [0.29, 0.717) is 12.8 Å². The normalized spacial score (nSPS) is 12.8. The number of rotatable bonds is 17. The van der Waals surface area contributed by atoms with E-state index in [2.05, 4.69) is 20.4 Å². The van der Waals surface area contributed by atoms with Crippen LogP contribution >= 0.6 is 23.2 Å². The van der Waals surface area contributed by atoms with Crippen LogP contribution in [-0.4, -0.2) is 94.9 Å². The van der Waals surface area contributed by atoms with E-state index in [-0.39, 0.29) is 46.9 Å². The van der Waals surface area contributed by atoms with Gasteiger partial charge in [0.2, 0.25) is 0 Å². The number of aliphatic hydroxyl groups is 2. The first-order chi connectivity index (χ1) is 27.4. The molecule has 4 atom stereocenters. The molecule has 4 aromatic rings. The fraction of sp³-hybridized carbons (Fsp3) is 0.390. The smallest absolute Gasteiger partial charge is 0.356 e. The average Bonchev–Trinajstić information content (AvgIpc) is 3.18. The first-order valence-electron chi connectivity index (χ1n) is 18.2. The summed E-state index contributed by atoms with van der Waals surface area (Å²) in [5.74, 6) is -5.33. The molecule has 0 aliphatic rings. The molecular weight excluding hydrogens is 795 g/mol. The molecule has 2 heterocycles. The molecular formula is C41H48Cl2N4O11. The molecule has 0 radical (unpaired) electrons. The minimum absolute atomic E-state index is 0.0603. The van der Waals surface area contributed by atoms with E-state index in [9.17, 15) is 34.2 Å². The van der Waals surface area contributed by atoms with Crippen molar-refractivity contribution in [2.75, 3.05) is 6.61 Å². The highest BCUT2D eigenvalue weighted by Crippen LogP contribution is 2.22. The first-order valence-corrected chi connectivity index (χ1v) is 19.0. The van der Waals surface area contributed by atoms with E-state index in [1.807, 2.05) is 67.6 Å². The summed E-state index contributed by atoms with van der Waals surface area (Å²) in [5, 5.41) is 52.0. The van der Waals surface area contributed by atoms with E-state index < -0.39 is 53.5 Å². The molecule has 4 N–H and O–H groups in total. The average molecular weight is 844 g/mol. The molecule has 15 nitrogen and oxygen atoms in total. The van der Waals surface area contributed by atoms with Crippen molar-refractivity contribution in [1.82, 2.24) is 20.4 Å². The van der Waals surface area contributed by atoms with Crippen LogP contribution < -0.4 is 0 Å². The second-order valence-corrected chi connectivity index (χ2v) is 14.6. The molecule has 2 aromatic heterocycles. The summed E-state index contributed by atoms with van der Waals surface area (Å²) in [6, 6.07) is 24.1. The maximum Gasteiger partial charge on any atom is 0.356 e. The largest absolute Gasteiger partial charge is 0.479 e. The number of carboxylic acid groups (broad SMARTS) is 2. The molecule has 4 rings (SSSR count). The number of aromatic nitrogens is 4. The van der Waals surface area contributed by atoms with Gasteiger partial charge in [-0.15, -0.1) is 20.4 Å². The van der Waals surface area contributed by atoms with Gasteiger partial charge in [0.15, 0.2) is 34.0 Å². The van der Waals surface area contributed by atoms with E-state index in [0.717, 1.165) is 24.0 Å². The maximum absolute atomic E-state index is 12.5. The van der Waals surface area contributed by atoms with Crippen LogP contribution in [0.1, 0.15) is 85.5 Å². The molecule has 0 fully saturated rings. The van der Waals surface area contributed by atoms with Gasteiger partial charge in [-0.05, 0) is 75.4 Å². The minimum Gasteiger partial charge on any atom is -0.479 e. The predicted octanol–water partition coefficient (Wildman–Crippen LogP) is 6.12. The van der Waals surface area contributed by atoms with Crippen LogP contribution in [0.25, 0.3) is 0 Å². The van der Waals surface area contributed by atoms with Crippen LogP contribution in [0.2, 0.25) is 10.3 Å². The third-order valence-electron chi connectivity index (χ3n) is 7.88. The second-order valence-electron chi connectivity index (χ2n) is 13.9. The topological polar surface area (TPSA) is 236 Å². The third-order valence-corrected chi connectivity index (χ3v) is 8.28. The molecule has 312 valence electrons. The van der Waals surface area contributed by atoms with Gasteiger partial charge in [0.05, 0.1) is 13.0 Å². The number of nitrogens with zero attached hydrogens (tertiary/aromatic N) is 4. The summed E-state index contributed by atoms with van der Waals surface area (Å²) < 4.78 is 10.3. The van der Waals surface area contributed by atoms with Crippen molar-refractivity contribution < 1.29 is 53.9 Å².